The molecule has 4 heteroatoms. The van der Waals surface area contributed by atoms with E-state index in [-0.39, 0.29) is 5.91 Å². The van der Waals surface area contributed by atoms with Crippen LogP contribution in [0.2, 0.25) is 0 Å². The van der Waals surface area contributed by atoms with E-state index in [4.69, 9.17) is 0 Å². The third kappa shape index (κ3) is 3.47. The maximum Gasteiger partial charge on any atom is 0.226 e. The first-order valence-electron chi connectivity index (χ1n) is 6.84. The Morgan fingerprint density at radius 2 is 1.90 bits per heavy atom. The Morgan fingerprint density at radius 1 is 1.15 bits per heavy atom. The first kappa shape index (κ1) is 14.3. The molecule has 0 aliphatic rings. The molecule has 2 rings (SSSR count). The SMILES string of the molecule is Cc1cc(C)n(CCC(=O)Nc2ccc(C)c(C)c2)n1. The zero-order valence-electron chi connectivity index (χ0n) is 12.5. The number of aryl methyl sites for hydroxylation is 5. The summed E-state index contributed by atoms with van der Waals surface area (Å²) >= 11 is 0. The molecule has 2 aromatic rings. The summed E-state index contributed by atoms with van der Waals surface area (Å²) in [7, 11) is 0. The molecular weight excluding hydrogens is 250 g/mol. The predicted octanol–water partition coefficient (Wildman–Crippen LogP) is 3.15. The van der Waals surface area contributed by atoms with E-state index < -0.39 is 0 Å². The van der Waals surface area contributed by atoms with Crippen LogP contribution >= 0.6 is 0 Å². The van der Waals surface area contributed by atoms with Crippen molar-refractivity contribution in [1.29, 1.82) is 0 Å². The molecule has 1 N–H and O–H groups in total. The van der Waals surface area contributed by atoms with Crippen molar-refractivity contribution in [2.75, 3.05) is 5.32 Å². The summed E-state index contributed by atoms with van der Waals surface area (Å²) in [6.07, 6.45) is 0.425. The lowest BCUT2D eigenvalue weighted by molar-refractivity contribution is -0.116. The number of amides is 1. The highest BCUT2D eigenvalue weighted by molar-refractivity contribution is 5.90. The van der Waals surface area contributed by atoms with Gasteiger partial charge in [-0.3, -0.25) is 9.48 Å². The van der Waals surface area contributed by atoms with Gasteiger partial charge in [-0.2, -0.15) is 5.10 Å². The van der Waals surface area contributed by atoms with Gasteiger partial charge in [0.1, 0.15) is 0 Å². The van der Waals surface area contributed by atoms with Crippen LogP contribution in [0.1, 0.15) is 28.9 Å². The minimum absolute atomic E-state index is 0.0146. The fourth-order valence-corrected chi connectivity index (χ4v) is 2.15. The molecule has 0 atom stereocenters. The molecule has 1 amide bonds. The van der Waals surface area contributed by atoms with Crippen molar-refractivity contribution in [3.63, 3.8) is 0 Å². The number of carbonyl (C=O) groups is 1. The number of benzene rings is 1. The van der Waals surface area contributed by atoms with Gasteiger partial charge < -0.3 is 5.32 Å². The van der Waals surface area contributed by atoms with E-state index in [0.717, 1.165) is 17.1 Å². The average Bonchev–Trinajstić information content (AvgIpc) is 2.70. The Kier molecular flexibility index (Phi) is 4.23. The van der Waals surface area contributed by atoms with E-state index >= 15 is 0 Å². The van der Waals surface area contributed by atoms with Gasteiger partial charge in [0.05, 0.1) is 5.69 Å². The molecule has 0 saturated carbocycles. The van der Waals surface area contributed by atoms with Gasteiger partial charge in [0.25, 0.3) is 0 Å². The lowest BCUT2D eigenvalue weighted by Crippen LogP contribution is -2.15. The fourth-order valence-electron chi connectivity index (χ4n) is 2.15. The molecule has 20 heavy (non-hydrogen) atoms. The predicted molar refractivity (Wildman–Crippen MR) is 80.9 cm³/mol. The molecule has 1 aromatic heterocycles. The molecular formula is C16H21N3O. The maximum atomic E-state index is 11.9. The van der Waals surface area contributed by atoms with Gasteiger partial charge >= 0.3 is 0 Å². The number of hydrogen-bond donors (Lipinski definition) is 1. The third-order valence-electron chi connectivity index (χ3n) is 3.44. The van der Waals surface area contributed by atoms with Gasteiger partial charge in [-0.05, 0) is 57.0 Å². The molecule has 0 bridgehead atoms. The summed E-state index contributed by atoms with van der Waals surface area (Å²) in [5.74, 6) is 0.0146. The highest BCUT2D eigenvalue weighted by Crippen LogP contribution is 2.14. The number of nitrogens with one attached hydrogen (secondary N) is 1. The van der Waals surface area contributed by atoms with Gasteiger partial charge in [-0.1, -0.05) is 6.07 Å². The van der Waals surface area contributed by atoms with E-state index in [2.05, 4.69) is 17.3 Å². The molecule has 4 nitrogen and oxygen atoms in total. The van der Waals surface area contributed by atoms with Crippen molar-refractivity contribution in [1.82, 2.24) is 9.78 Å². The van der Waals surface area contributed by atoms with E-state index in [1.807, 2.05) is 49.7 Å². The second kappa shape index (κ2) is 5.90. The standard InChI is InChI=1S/C16H21N3O/c1-11-5-6-15(9-12(11)2)17-16(20)7-8-19-14(4)10-13(3)18-19/h5-6,9-10H,7-8H2,1-4H3,(H,17,20). The lowest BCUT2D eigenvalue weighted by Gasteiger charge is -2.08. The van der Waals surface area contributed by atoms with Crippen LogP contribution in [0.4, 0.5) is 5.69 Å². The number of carbonyl (C=O) groups excluding carboxylic acids is 1. The molecule has 0 aliphatic carbocycles. The summed E-state index contributed by atoms with van der Waals surface area (Å²) in [4.78, 5) is 11.9. The van der Waals surface area contributed by atoms with Crippen LogP contribution in [0.15, 0.2) is 24.3 Å². The average molecular weight is 271 g/mol. The van der Waals surface area contributed by atoms with Gasteiger partial charge in [0.15, 0.2) is 0 Å². The van der Waals surface area contributed by atoms with Crippen molar-refractivity contribution >= 4 is 11.6 Å². The summed E-state index contributed by atoms with van der Waals surface area (Å²) in [6, 6.07) is 7.97. The number of rotatable bonds is 4. The molecule has 1 heterocycles. The second-order valence-electron chi connectivity index (χ2n) is 5.25. The van der Waals surface area contributed by atoms with Crippen molar-refractivity contribution in [3.05, 3.63) is 46.8 Å². The van der Waals surface area contributed by atoms with Gasteiger partial charge in [-0.15, -0.1) is 0 Å². The van der Waals surface area contributed by atoms with Crippen LogP contribution in [0, 0.1) is 27.7 Å². The first-order valence-corrected chi connectivity index (χ1v) is 6.84. The maximum absolute atomic E-state index is 11.9. The third-order valence-corrected chi connectivity index (χ3v) is 3.44. The highest BCUT2D eigenvalue weighted by Gasteiger charge is 2.06. The Bertz CT molecular complexity index is 629. The zero-order valence-corrected chi connectivity index (χ0v) is 12.5. The van der Waals surface area contributed by atoms with E-state index in [0.29, 0.717) is 13.0 Å². The number of anilines is 1. The van der Waals surface area contributed by atoms with Crippen molar-refractivity contribution in [2.24, 2.45) is 0 Å². The Labute approximate surface area is 119 Å². The number of hydrogen-bond acceptors (Lipinski definition) is 2. The topological polar surface area (TPSA) is 46.9 Å². The Morgan fingerprint density at radius 3 is 2.50 bits per heavy atom. The summed E-state index contributed by atoms with van der Waals surface area (Å²) in [5.41, 5.74) is 5.33. The minimum atomic E-state index is 0.0146. The van der Waals surface area contributed by atoms with Crippen LogP contribution in [0.3, 0.4) is 0 Å². The summed E-state index contributed by atoms with van der Waals surface area (Å²) in [6.45, 7) is 8.67. The monoisotopic (exact) mass is 271 g/mol. The Hall–Kier alpha value is -2.10. The van der Waals surface area contributed by atoms with E-state index in [9.17, 15) is 4.79 Å². The van der Waals surface area contributed by atoms with Crippen LogP contribution < -0.4 is 5.32 Å². The minimum Gasteiger partial charge on any atom is -0.326 e. The molecule has 1 aromatic carbocycles. The summed E-state index contributed by atoms with van der Waals surface area (Å²) < 4.78 is 1.87. The Balaban J connectivity index is 1.92. The van der Waals surface area contributed by atoms with Gasteiger partial charge in [-0.25, -0.2) is 0 Å². The van der Waals surface area contributed by atoms with Gasteiger partial charge in [0, 0.05) is 24.3 Å². The molecule has 0 unspecified atom stereocenters. The molecule has 106 valence electrons. The second-order valence-corrected chi connectivity index (χ2v) is 5.25. The molecule has 0 radical (unpaired) electrons. The number of nitrogens with zero attached hydrogens (tertiary/aromatic N) is 2. The quantitative estimate of drug-likeness (QED) is 0.928. The zero-order chi connectivity index (χ0) is 14.7. The molecule has 0 saturated heterocycles. The molecule has 0 fully saturated rings. The normalized spacial score (nSPS) is 10.6. The first-order chi connectivity index (χ1) is 9.45. The van der Waals surface area contributed by atoms with Crippen LogP contribution in [-0.2, 0) is 11.3 Å². The van der Waals surface area contributed by atoms with E-state index in [1.54, 1.807) is 0 Å². The summed E-state index contributed by atoms with van der Waals surface area (Å²) in [5, 5.41) is 7.28. The lowest BCUT2D eigenvalue weighted by atomic mass is 10.1. The highest BCUT2D eigenvalue weighted by atomic mass is 16.1. The molecule has 0 spiro atoms. The van der Waals surface area contributed by atoms with Crippen LogP contribution in [-0.4, -0.2) is 15.7 Å². The van der Waals surface area contributed by atoms with Gasteiger partial charge in [0.2, 0.25) is 5.91 Å². The van der Waals surface area contributed by atoms with Crippen molar-refractivity contribution in [3.8, 4) is 0 Å². The smallest absolute Gasteiger partial charge is 0.226 e. The molecule has 0 aliphatic heterocycles. The van der Waals surface area contributed by atoms with Crippen LogP contribution in [0.25, 0.3) is 0 Å². The largest absolute Gasteiger partial charge is 0.326 e. The van der Waals surface area contributed by atoms with Crippen molar-refractivity contribution < 1.29 is 4.79 Å². The van der Waals surface area contributed by atoms with Crippen molar-refractivity contribution in [2.45, 2.75) is 40.7 Å². The number of aromatic nitrogens is 2. The van der Waals surface area contributed by atoms with E-state index in [1.165, 1.54) is 11.1 Å². The fraction of sp³-hybridized carbons (Fsp3) is 0.375. The van der Waals surface area contributed by atoms with Crippen LogP contribution in [0.5, 0.6) is 0 Å².